The third-order valence-corrected chi connectivity index (χ3v) is 3.11. The van der Waals surface area contributed by atoms with E-state index in [2.05, 4.69) is 4.84 Å². The van der Waals surface area contributed by atoms with Crippen molar-refractivity contribution in [2.45, 2.75) is 0 Å². The highest BCUT2D eigenvalue weighted by atomic mass is 35.5. The van der Waals surface area contributed by atoms with Crippen molar-refractivity contribution in [3.05, 3.63) is 73.8 Å². The molecule has 0 saturated heterocycles. The lowest BCUT2D eigenvalue weighted by Crippen LogP contribution is -2.27. The van der Waals surface area contributed by atoms with Gasteiger partial charge in [-0.25, -0.2) is 4.79 Å². The molecule has 0 saturated carbocycles. The molecule has 0 unspecified atom stereocenters. The summed E-state index contributed by atoms with van der Waals surface area (Å²) >= 11 is 11.5. The lowest BCUT2D eigenvalue weighted by Gasteiger charge is -2.06. The first kappa shape index (κ1) is 16.7. The maximum absolute atomic E-state index is 11.8. The summed E-state index contributed by atoms with van der Waals surface area (Å²) in [6.07, 6.45) is 0. The van der Waals surface area contributed by atoms with Gasteiger partial charge in [-0.1, -0.05) is 23.2 Å². The minimum atomic E-state index is -0.857. The molecule has 23 heavy (non-hydrogen) atoms. The maximum atomic E-state index is 11.8. The number of carbonyl (C=O) groups excluding carboxylic acids is 2. The summed E-state index contributed by atoms with van der Waals surface area (Å²) in [5.41, 5.74) is 1.93. The lowest BCUT2D eigenvalue weighted by atomic mass is 10.2. The van der Waals surface area contributed by atoms with Gasteiger partial charge in [0.1, 0.15) is 0 Å². The SMILES string of the molecule is O=C(NOC(=O)c1cc(Cl)cc(Cl)c1)c1ccc([N+](=O)[O-])cc1. The van der Waals surface area contributed by atoms with Crippen LogP contribution in [0.2, 0.25) is 10.0 Å². The van der Waals surface area contributed by atoms with Crippen molar-refractivity contribution in [1.82, 2.24) is 5.48 Å². The number of rotatable bonds is 3. The Morgan fingerprint density at radius 1 is 1.00 bits per heavy atom. The first-order chi connectivity index (χ1) is 10.9. The molecular formula is C14H8Cl2N2O5. The van der Waals surface area contributed by atoms with Gasteiger partial charge in [0.05, 0.1) is 10.5 Å². The zero-order chi connectivity index (χ0) is 17.0. The molecule has 0 aliphatic heterocycles. The monoisotopic (exact) mass is 354 g/mol. The molecule has 7 nitrogen and oxygen atoms in total. The third kappa shape index (κ3) is 4.41. The quantitative estimate of drug-likeness (QED) is 0.672. The van der Waals surface area contributed by atoms with Crippen molar-refractivity contribution < 1.29 is 19.3 Å². The predicted octanol–water partition coefficient (Wildman–Crippen LogP) is 3.40. The fourth-order valence-corrected chi connectivity index (χ4v) is 2.14. The van der Waals surface area contributed by atoms with E-state index < -0.39 is 16.8 Å². The third-order valence-electron chi connectivity index (χ3n) is 2.67. The second-order valence-corrected chi connectivity index (χ2v) is 5.16. The van der Waals surface area contributed by atoms with Gasteiger partial charge in [0.15, 0.2) is 0 Å². The van der Waals surface area contributed by atoms with Gasteiger partial charge in [-0.15, -0.1) is 0 Å². The molecule has 0 spiro atoms. The number of nitro benzene ring substituents is 1. The van der Waals surface area contributed by atoms with Crippen molar-refractivity contribution in [1.29, 1.82) is 0 Å². The van der Waals surface area contributed by atoms with Crippen LogP contribution in [0.5, 0.6) is 0 Å². The van der Waals surface area contributed by atoms with E-state index in [1.54, 1.807) is 0 Å². The number of nitrogens with zero attached hydrogens (tertiary/aromatic N) is 1. The molecule has 2 rings (SSSR count). The lowest BCUT2D eigenvalue weighted by molar-refractivity contribution is -0.384. The molecule has 0 atom stereocenters. The number of nitro groups is 1. The summed E-state index contributed by atoms with van der Waals surface area (Å²) in [7, 11) is 0. The molecule has 118 valence electrons. The Hall–Kier alpha value is -2.64. The molecule has 0 aromatic heterocycles. The second kappa shape index (κ2) is 7.08. The molecule has 0 radical (unpaired) electrons. The summed E-state index contributed by atoms with van der Waals surface area (Å²) in [4.78, 5) is 38.1. The van der Waals surface area contributed by atoms with Crippen LogP contribution >= 0.6 is 23.2 Å². The van der Waals surface area contributed by atoms with Crippen LogP contribution in [-0.2, 0) is 4.84 Å². The number of amides is 1. The van der Waals surface area contributed by atoms with Gasteiger partial charge < -0.3 is 4.84 Å². The van der Waals surface area contributed by atoms with E-state index in [9.17, 15) is 19.7 Å². The van der Waals surface area contributed by atoms with E-state index in [1.165, 1.54) is 30.3 Å². The Bertz CT molecular complexity index is 757. The average Bonchev–Trinajstić information content (AvgIpc) is 2.51. The van der Waals surface area contributed by atoms with E-state index in [0.717, 1.165) is 12.1 Å². The Morgan fingerprint density at radius 2 is 1.57 bits per heavy atom. The number of halogens is 2. The van der Waals surface area contributed by atoms with Crippen molar-refractivity contribution >= 4 is 40.8 Å². The van der Waals surface area contributed by atoms with Gasteiger partial charge in [0.25, 0.3) is 11.6 Å². The molecule has 2 aromatic carbocycles. The van der Waals surface area contributed by atoms with Crippen molar-refractivity contribution in [2.24, 2.45) is 0 Å². The smallest absolute Gasteiger partial charge is 0.335 e. The largest absolute Gasteiger partial charge is 0.363 e. The van der Waals surface area contributed by atoms with Crippen LogP contribution in [0.3, 0.4) is 0 Å². The topological polar surface area (TPSA) is 98.5 Å². The maximum Gasteiger partial charge on any atom is 0.363 e. The number of benzene rings is 2. The van der Waals surface area contributed by atoms with E-state index in [1.807, 2.05) is 5.48 Å². The minimum Gasteiger partial charge on any atom is -0.335 e. The van der Waals surface area contributed by atoms with Gasteiger partial charge in [0.2, 0.25) is 0 Å². The molecule has 0 aliphatic rings. The molecule has 1 N–H and O–H groups in total. The fraction of sp³-hybridized carbons (Fsp3) is 0. The van der Waals surface area contributed by atoms with Gasteiger partial charge in [-0.2, -0.15) is 5.48 Å². The summed E-state index contributed by atoms with van der Waals surface area (Å²) in [5.74, 6) is -1.59. The number of non-ortho nitro benzene ring substituents is 1. The van der Waals surface area contributed by atoms with Crippen molar-refractivity contribution in [3.8, 4) is 0 Å². The number of hydrogen-bond donors (Lipinski definition) is 1. The Morgan fingerprint density at radius 3 is 2.09 bits per heavy atom. The Kier molecular flexibility index (Phi) is 5.15. The number of hydrogen-bond acceptors (Lipinski definition) is 5. The molecule has 0 fully saturated rings. The van der Waals surface area contributed by atoms with Crippen LogP contribution in [-0.4, -0.2) is 16.8 Å². The van der Waals surface area contributed by atoms with Crippen molar-refractivity contribution in [2.75, 3.05) is 0 Å². The zero-order valence-electron chi connectivity index (χ0n) is 11.3. The predicted molar refractivity (Wildman–Crippen MR) is 82.4 cm³/mol. The molecule has 0 bridgehead atoms. The fourth-order valence-electron chi connectivity index (χ4n) is 1.62. The van der Waals surface area contributed by atoms with Gasteiger partial charge >= 0.3 is 5.97 Å². The average molecular weight is 355 g/mol. The van der Waals surface area contributed by atoms with Gasteiger partial charge in [0, 0.05) is 27.7 Å². The molecule has 0 aliphatic carbocycles. The van der Waals surface area contributed by atoms with E-state index in [0.29, 0.717) is 0 Å². The van der Waals surface area contributed by atoms with E-state index >= 15 is 0 Å². The van der Waals surface area contributed by atoms with Gasteiger partial charge in [-0.05, 0) is 30.3 Å². The van der Waals surface area contributed by atoms with Crippen molar-refractivity contribution in [3.63, 3.8) is 0 Å². The second-order valence-electron chi connectivity index (χ2n) is 4.28. The van der Waals surface area contributed by atoms with Crippen LogP contribution < -0.4 is 5.48 Å². The van der Waals surface area contributed by atoms with Crippen LogP contribution in [0.25, 0.3) is 0 Å². The van der Waals surface area contributed by atoms with Crippen LogP contribution in [0.4, 0.5) is 5.69 Å². The first-order valence-corrected chi connectivity index (χ1v) is 6.84. The first-order valence-electron chi connectivity index (χ1n) is 6.09. The molecule has 0 heterocycles. The highest BCUT2D eigenvalue weighted by Gasteiger charge is 2.14. The van der Waals surface area contributed by atoms with E-state index in [4.69, 9.17) is 23.2 Å². The summed E-state index contributed by atoms with van der Waals surface area (Å²) < 4.78 is 0. The normalized spacial score (nSPS) is 10.0. The van der Waals surface area contributed by atoms with E-state index in [-0.39, 0.29) is 26.9 Å². The minimum absolute atomic E-state index is 0.0616. The number of carbonyl (C=O) groups is 2. The molecule has 9 heteroatoms. The summed E-state index contributed by atoms with van der Waals surface area (Å²) in [6, 6.07) is 8.88. The van der Waals surface area contributed by atoms with Crippen LogP contribution in [0.15, 0.2) is 42.5 Å². The molecule has 2 aromatic rings. The van der Waals surface area contributed by atoms with Crippen LogP contribution in [0.1, 0.15) is 20.7 Å². The Labute approximate surface area is 139 Å². The molecular weight excluding hydrogens is 347 g/mol. The summed E-state index contributed by atoms with van der Waals surface area (Å²) in [6.45, 7) is 0. The highest BCUT2D eigenvalue weighted by Crippen LogP contribution is 2.19. The summed E-state index contributed by atoms with van der Waals surface area (Å²) in [5, 5.41) is 11.0. The Balaban J connectivity index is 2.00. The highest BCUT2D eigenvalue weighted by molar-refractivity contribution is 6.35. The molecule has 1 amide bonds. The van der Waals surface area contributed by atoms with Gasteiger partial charge in [-0.3, -0.25) is 14.9 Å². The number of hydroxylamine groups is 1. The zero-order valence-corrected chi connectivity index (χ0v) is 12.8. The number of nitrogens with one attached hydrogen (secondary N) is 1. The van der Waals surface area contributed by atoms with Crippen LogP contribution in [0, 0.1) is 10.1 Å². The standard InChI is InChI=1S/C14H8Cl2N2O5/c15-10-5-9(6-11(16)7-10)14(20)23-17-13(19)8-1-3-12(4-2-8)18(21)22/h1-7H,(H,17,19).